The minimum Gasteiger partial charge on any atom is -0.462 e. The van der Waals surface area contributed by atoms with Crippen LogP contribution < -0.4 is 0 Å². The molecule has 0 radical (unpaired) electrons. The summed E-state index contributed by atoms with van der Waals surface area (Å²) in [5.74, 6) is 1.25. The van der Waals surface area contributed by atoms with Gasteiger partial charge in [0.05, 0.1) is 0 Å². The normalized spacial score (nSPS) is 44.6. The van der Waals surface area contributed by atoms with Crippen LogP contribution in [0.25, 0.3) is 0 Å². The highest BCUT2D eigenvalue weighted by molar-refractivity contribution is 5.98. The van der Waals surface area contributed by atoms with Crippen LogP contribution in [0.4, 0.5) is 0 Å². The average Bonchev–Trinajstić information content (AvgIpc) is 2.93. The number of ketones is 1. The van der Waals surface area contributed by atoms with Crippen molar-refractivity contribution in [1.29, 1.82) is 0 Å². The molecule has 4 aliphatic carbocycles. The van der Waals surface area contributed by atoms with E-state index in [4.69, 9.17) is 9.47 Å². The zero-order valence-electron chi connectivity index (χ0n) is 17.5. The van der Waals surface area contributed by atoms with Gasteiger partial charge in [0.15, 0.2) is 5.76 Å². The number of allylic oxidation sites excluding steroid dienone is 2. The monoisotopic (exact) mass is 388 g/mol. The van der Waals surface area contributed by atoms with E-state index in [0.717, 1.165) is 44.9 Å². The van der Waals surface area contributed by atoms with Gasteiger partial charge in [-0.2, -0.15) is 0 Å². The van der Waals surface area contributed by atoms with Crippen molar-refractivity contribution in [3.63, 3.8) is 0 Å². The van der Waals surface area contributed by atoms with Crippen molar-refractivity contribution in [2.45, 2.75) is 78.7 Å². The molecule has 4 aliphatic rings. The highest BCUT2D eigenvalue weighted by atomic mass is 16.5. The number of carbonyl (C=O) groups excluding carboxylic acids is 3. The Kier molecular flexibility index (Phi) is 4.71. The molecule has 3 fully saturated rings. The molecule has 5 nitrogen and oxygen atoms in total. The number of esters is 2. The van der Waals surface area contributed by atoms with Crippen LogP contribution in [-0.2, 0) is 23.9 Å². The van der Waals surface area contributed by atoms with Crippen molar-refractivity contribution in [1.82, 2.24) is 0 Å². The van der Waals surface area contributed by atoms with Crippen molar-refractivity contribution >= 4 is 17.7 Å². The molecule has 4 rings (SSSR count). The van der Waals surface area contributed by atoms with Crippen LogP contribution in [0.2, 0.25) is 0 Å². The molecule has 7 atom stereocenters. The molecule has 0 aliphatic heterocycles. The lowest BCUT2D eigenvalue weighted by Crippen LogP contribution is -2.55. The average molecular weight is 389 g/mol. The molecule has 28 heavy (non-hydrogen) atoms. The molecule has 0 unspecified atom stereocenters. The second-order valence-electron chi connectivity index (χ2n) is 9.96. The minimum atomic E-state index is -0.423. The lowest BCUT2D eigenvalue weighted by Gasteiger charge is -2.59. The zero-order valence-corrected chi connectivity index (χ0v) is 17.5. The number of Topliss-reactive ketones (excluding diaryl/α,β-unsaturated/α-hetero) is 1. The Morgan fingerprint density at radius 2 is 1.68 bits per heavy atom. The van der Waals surface area contributed by atoms with Crippen molar-refractivity contribution in [3.8, 4) is 0 Å². The molecule has 3 saturated carbocycles. The van der Waals surface area contributed by atoms with Crippen LogP contribution in [0.3, 0.4) is 0 Å². The summed E-state index contributed by atoms with van der Waals surface area (Å²) in [5, 5.41) is 0. The Hall–Kier alpha value is -1.65. The van der Waals surface area contributed by atoms with E-state index < -0.39 is 5.97 Å². The Morgan fingerprint density at radius 1 is 0.964 bits per heavy atom. The fraction of sp³-hybridized carbons (Fsp3) is 0.783. The first-order chi connectivity index (χ1) is 13.2. The van der Waals surface area contributed by atoms with Gasteiger partial charge >= 0.3 is 11.9 Å². The van der Waals surface area contributed by atoms with Gasteiger partial charge in [-0.15, -0.1) is 0 Å². The molecular weight excluding hydrogens is 356 g/mol. The van der Waals surface area contributed by atoms with E-state index in [2.05, 4.69) is 13.8 Å². The van der Waals surface area contributed by atoms with Gasteiger partial charge in [-0.3, -0.25) is 14.4 Å². The number of carbonyl (C=O) groups is 3. The number of ether oxygens (including phenoxy) is 2. The van der Waals surface area contributed by atoms with Crippen LogP contribution in [-0.4, -0.2) is 23.8 Å². The van der Waals surface area contributed by atoms with Crippen LogP contribution in [0.5, 0.6) is 0 Å². The van der Waals surface area contributed by atoms with Gasteiger partial charge in [0.25, 0.3) is 0 Å². The summed E-state index contributed by atoms with van der Waals surface area (Å²) in [4.78, 5) is 36.0. The minimum absolute atomic E-state index is 0.0138. The molecule has 0 spiro atoms. The predicted octanol–water partition coefficient (Wildman–Crippen LogP) is 4.20. The topological polar surface area (TPSA) is 69.7 Å². The Balaban J connectivity index is 1.59. The summed E-state index contributed by atoms with van der Waals surface area (Å²) in [5.41, 5.74) is -0.00204. The van der Waals surface area contributed by atoms with E-state index in [1.54, 1.807) is 0 Å². The summed E-state index contributed by atoms with van der Waals surface area (Å²) in [6.07, 6.45) is 8.77. The van der Waals surface area contributed by atoms with E-state index in [-0.39, 0.29) is 40.4 Å². The Labute approximate surface area is 167 Å². The third-order valence-corrected chi connectivity index (χ3v) is 8.63. The summed E-state index contributed by atoms with van der Waals surface area (Å²) >= 11 is 0. The maximum absolute atomic E-state index is 13.0. The largest absolute Gasteiger partial charge is 0.462 e. The van der Waals surface area contributed by atoms with E-state index in [1.165, 1.54) is 13.8 Å². The lowest BCUT2D eigenvalue weighted by atomic mass is 9.45. The maximum atomic E-state index is 13.0. The molecule has 0 aromatic heterocycles. The van der Waals surface area contributed by atoms with E-state index >= 15 is 0 Å². The van der Waals surface area contributed by atoms with Gasteiger partial charge in [0.2, 0.25) is 5.78 Å². The molecule has 0 heterocycles. The van der Waals surface area contributed by atoms with Gasteiger partial charge in [0.1, 0.15) is 6.10 Å². The second-order valence-corrected chi connectivity index (χ2v) is 9.96. The highest BCUT2D eigenvalue weighted by Gasteiger charge is 2.62. The molecule has 5 heteroatoms. The SMILES string of the molecule is CC(=O)OC1=CC[C@@]2(C)[C@H](CC[C@@H]3[C@@H]2CC[C@]2(C)[C@H](OC(C)=O)CC[C@@H]32)C1=O. The molecule has 0 N–H and O–H groups in total. The Bertz CT molecular complexity index is 739. The van der Waals surface area contributed by atoms with E-state index in [1.807, 2.05) is 6.08 Å². The van der Waals surface area contributed by atoms with E-state index in [0.29, 0.717) is 17.8 Å². The number of hydrogen-bond acceptors (Lipinski definition) is 5. The standard InChI is InChI=1S/C23H32O5/c1-13(24)27-19-10-12-22(3)17-9-11-23(4)16(7-8-20(23)28-14(2)25)15(17)5-6-18(22)21(19)26/h10,15-18,20H,5-9,11-12H2,1-4H3/t15-,16-,17-,18+,20+,22+,23-/m0/s1. The van der Waals surface area contributed by atoms with Gasteiger partial charge in [0, 0.05) is 25.2 Å². The van der Waals surface area contributed by atoms with Crippen molar-refractivity contribution in [2.24, 2.45) is 34.5 Å². The second kappa shape index (κ2) is 6.70. The zero-order chi connectivity index (χ0) is 20.3. The molecule has 0 aromatic rings. The first-order valence-corrected chi connectivity index (χ1v) is 10.8. The van der Waals surface area contributed by atoms with Crippen molar-refractivity contribution in [2.75, 3.05) is 0 Å². The molecule has 0 amide bonds. The summed E-state index contributed by atoms with van der Waals surface area (Å²) in [7, 11) is 0. The van der Waals surface area contributed by atoms with Crippen LogP contribution in [0, 0.1) is 34.5 Å². The highest BCUT2D eigenvalue weighted by Crippen LogP contribution is 2.66. The third kappa shape index (κ3) is 2.84. The maximum Gasteiger partial charge on any atom is 0.308 e. The van der Waals surface area contributed by atoms with Gasteiger partial charge < -0.3 is 9.47 Å². The number of hydrogen-bond donors (Lipinski definition) is 0. The number of rotatable bonds is 2. The fourth-order valence-corrected chi connectivity index (χ4v) is 7.36. The first-order valence-electron chi connectivity index (χ1n) is 10.8. The van der Waals surface area contributed by atoms with Gasteiger partial charge in [-0.1, -0.05) is 13.8 Å². The number of fused-ring (bicyclic) bond motifs is 5. The predicted molar refractivity (Wildman–Crippen MR) is 103 cm³/mol. The van der Waals surface area contributed by atoms with Crippen LogP contribution in [0.1, 0.15) is 72.6 Å². The van der Waals surface area contributed by atoms with Gasteiger partial charge in [-0.25, -0.2) is 0 Å². The smallest absolute Gasteiger partial charge is 0.308 e. The third-order valence-electron chi connectivity index (χ3n) is 8.63. The van der Waals surface area contributed by atoms with Crippen LogP contribution >= 0.6 is 0 Å². The summed E-state index contributed by atoms with van der Waals surface area (Å²) < 4.78 is 10.9. The van der Waals surface area contributed by atoms with Crippen LogP contribution in [0.15, 0.2) is 11.8 Å². The molecule has 0 saturated heterocycles. The summed E-state index contributed by atoms with van der Waals surface area (Å²) in [6, 6.07) is 0. The lowest BCUT2D eigenvalue weighted by molar-refractivity contribution is -0.162. The van der Waals surface area contributed by atoms with Gasteiger partial charge in [-0.05, 0) is 74.2 Å². The molecular formula is C23H32O5. The Morgan fingerprint density at radius 3 is 2.36 bits per heavy atom. The fourth-order valence-electron chi connectivity index (χ4n) is 7.36. The molecule has 154 valence electrons. The van der Waals surface area contributed by atoms with Crippen molar-refractivity contribution in [3.05, 3.63) is 11.8 Å². The summed E-state index contributed by atoms with van der Waals surface area (Å²) in [6.45, 7) is 7.44. The van der Waals surface area contributed by atoms with E-state index in [9.17, 15) is 14.4 Å². The quantitative estimate of drug-likeness (QED) is 0.663. The molecule has 0 aromatic carbocycles. The first kappa shape index (κ1) is 19.7. The molecule has 0 bridgehead atoms. The van der Waals surface area contributed by atoms with Crippen molar-refractivity contribution < 1.29 is 23.9 Å².